The van der Waals surface area contributed by atoms with Crippen LogP contribution >= 0.6 is 0 Å². The average molecular weight is 673 g/mol. The molecule has 5 heterocycles. The van der Waals surface area contributed by atoms with Crippen molar-refractivity contribution in [1.29, 1.82) is 0 Å². The monoisotopic (exact) mass is 672 g/mol. The first-order valence-electron chi connectivity index (χ1n) is 16.7. The number of phenolic OH excluding ortho intramolecular Hbond substituents is 1. The van der Waals surface area contributed by atoms with Crippen molar-refractivity contribution >= 4 is 39.6 Å². The van der Waals surface area contributed by atoms with Crippen molar-refractivity contribution in [3.63, 3.8) is 0 Å². The minimum Gasteiger partial charge on any atom is -0.508 e. The first-order valence-corrected chi connectivity index (χ1v) is 16.7. The summed E-state index contributed by atoms with van der Waals surface area (Å²) in [5.74, 6) is -0.943. The summed E-state index contributed by atoms with van der Waals surface area (Å²) >= 11 is 0. The molecule has 3 atom stereocenters. The van der Waals surface area contributed by atoms with Gasteiger partial charge in [0, 0.05) is 24.3 Å². The zero-order chi connectivity index (χ0) is 34.7. The van der Waals surface area contributed by atoms with Gasteiger partial charge in [-0.3, -0.25) is 9.88 Å². The van der Waals surface area contributed by atoms with Gasteiger partial charge in [-0.25, -0.2) is 14.0 Å². The Bertz CT molecular complexity index is 1950. The summed E-state index contributed by atoms with van der Waals surface area (Å²) < 4.78 is 34.0. The number of aromatic nitrogens is 3. The number of halogens is 1. The molecule has 1 N–H and O–H groups in total. The van der Waals surface area contributed by atoms with E-state index in [2.05, 4.69) is 14.9 Å². The normalized spacial score (nSPS) is 22.6. The number of piperazine rings is 1. The van der Waals surface area contributed by atoms with Crippen LogP contribution in [-0.2, 0) is 14.3 Å². The lowest BCUT2D eigenvalue weighted by molar-refractivity contribution is -0.154. The highest BCUT2D eigenvalue weighted by atomic mass is 19.1. The molecule has 1 amide bonds. The van der Waals surface area contributed by atoms with Gasteiger partial charge in [0.25, 0.3) is 0 Å². The first kappa shape index (κ1) is 32.8. The molecule has 3 aliphatic heterocycles. The Labute approximate surface area is 283 Å². The second-order valence-corrected chi connectivity index (χ2v) is 14.3. The zero-order valence-corrected chi connectivity index (χ0v) is 28.4. The molecule has 3 saturated heterocycles. The summed E-state index contributed by atoms with van der Waals surface area (Å²) in [6, 6.07) is 10.2. The van der Waals surface area contributed by atoms with Gasteiger partial charge in [0.05, 0.1) is 25.1 Å². The summed E-state index contributed by atoms with van der Waals surface area (Å²) in [6.45, 7) is 6.95. The van der Waals surface area contributed by atoms with Crippen molar-refractivity contribution in [2.24, 2.45) is 0 Å². The van der Waals surface area contributed by atoms with Crippen LogP contribution in [-0.4, -0.2) is 106 Å². The Kier molecular flexibility index (Phi) is 8.21. The highest BCUT2D eigenvalue weighted by molar-refractivity contribution is 6.00. The number of methoxy groups -OCH3 is 1. The van der Waals surface area contributed by atoms with Gasteiger partial charge in [-0.05, 0) is 83.0 Å². The third kappa shape index (κ3) is 5.83. The molecule has 12 nitrogen and oxygen atoms in total. The second kappa shape index (κ2) is 12.3. The van der Waals surface area contributed by atoms with E-state index in [9.17, 15) is 14.7 Å². The molecule has 0 saturated carbocycles. The Morgan fingerprint density at radius 2 is 1.92 bits per heavy atom. The van der Waals surface area contributed by atoms with Crippen LogP contribution in [0.2, 0.25) is 0 Å². The molecule has 2 bridgehead atoms. The van der Waals surface area contributed by atoms with Crippen LogP contribution in [0.25, 0.3) is 32.9 Å². The molecule has 2 aromatic carbocycles. The van der Waals surface area contributed by atoms with Crippen LogP contribution in [0.4, 0.5) is 15.0 Å². The highest BCUT2D eigenvalue weighted by Crippen LogP contribution is 2.44. The number of ether oxygens (including phenoxy) is 3. The fourth-order valence-corrected chi connectivity index (χ4v) is 7.58. The number of pyridine rings is 1. The lowest BCUT2D eigenvalue weighted by Crippen LogP contribution is -2.67. The Morgan fingerprint density at radius 1 is 1.12 bits per heavy atom. The molecule has 13 heteroatoms. The van der Waals surface area contributed by atoms with E-state index in [1.54, 1.807) is 26.8 Å². The molecule has 3 fully saturated rings. The minimum absolute atomic E-state index is 0.00588. The number of aromatic hydroxyl groups is 1. The molecular formula is C36H41FN6O6. The maximum absolute atomic E-state index is 16.8. The van der Waals surface area contributed by atoms with Crippen LogP contribution in [0, 0.1) is 5.82 Å². The van der Waals surface area contributed by atoms with Gasteiger partial charge in [0.2, 0.25) is 0 Å². The number of esters is 1. The average Bonchev–Trinajstić information content (AvgIpc) is 3.59. The predicted molar refractivity (Wildman–Crippen MR) is 181 cm³/mol. The van der Waals surface area contributed by atoms with Gasteiger partial charge in [-0.2, -0.15) is 9.97 Å². The Balaban J connectivity index is 1.35. The van der Waals surface area contributed by atoms with Crippen LogP contribution in [0.5, 0.6) is 11.8 Å². The van der Waals surface area contributed by atoms with E-state index in [0.29, 0.717) is 42.8 Å². The van der Waals surface area contributed by atoms with Crippen molar-refractivity contribution in [3.8, 4) is 23.0 Å². The standard InChI is InChI=1S/C36H41FN6O6/c1-35(2,3)49-34(46)43-22-12-13-36(43,32(45)47-5)20-42(18-22)31-27-17-38-29(26-16-24(44)15-21-9-6-7-11-25(21)26)28(37)30(27)39-33(40-31)48-19-23-10-8-14-41(23)4/h6-7,9,11,15-17,22-23,44H,8,10,12-14,18-20H2,1-5H3. The fraction of sp³-hybridized carbons (Fsp3) is 0.472. The molecule has 7 rings (SSSR count). The maximum Gasteiger partial charge on any atom is 0.411 e. The molecule has 4 aromatic rings. The van der Waals surface area contributed by atoms with Gasteiger partial charge in [-0.15, -0.1) is 0 Å². The number of anilines is 1. The van der Waals surface area contributed by atoms with Crippen LogP contribution in [0.15, 0.2) is 42.6 Å². The minimum atomic E-state index is -1.35. The molecule has 0 aliphatic carbocycles. The number of hydrogen-bond acceptors (Lipinski definition) is 11. The number of amides is 1. The lowest BCUT2D eigenvalue weighted by Gasteiger charge is -2.47. The summed E-state index contributed by atoms with van der Waals surface area (Å²) in [5.41, 5.74) is -1.69. The third-order valence-corrected chi connectivity index (χ3v) is 9.88. The fourth-order valence-electron chi connectivity index (χ4n) is 7.58. The summed E-state index contributed by atoms with van der Waals surface area (Å²) in [5, 5.41) is 12.3. The number of nitrogens with zero attached hydrogens (tertiary/aromatic N) is 6. The van der Waals surface area contributed by atoms with E-state index < -0.39 is 35.1 Å². The van der Waals surface area contributed by atoms with E-state index in [1.165, 1.54) is 24.3 Å². The molecule has 2 aromatic heterocycles. The number of phenols is 1. The van der Waals surface area contributed by atoms with Crippen molar-refractivity contribution < 1.29 is 33.3 Å². The van der Waals surface area contributed by atoms with E-state index in [1.807, 2.05) is 36.2 Å². The predicted octanol–water partition coefficient (Wildman–Crippen LogP) is 5.29. The second-order valence-electron chi connectivity index (χ2n) is 14.3. The summed E-state index contributed by atoms with van der Waals surface area (Å²) in [6.07, 6.45) is 3.83. The van der Waals surface area contributed by atoms with Gasteiger partial charge in [-0.1, -0.05) is 24.3 Å². The van der Waals surface area contributed by atoms with Gasteiger partial charge in [0.15, 0.2) is 11.4 Å². The molecule has 49 heavy (non-hydrogen) atoms. The van der Waals surface area contributed by atoms with Gasteiger partial charge >= 0.3 is 18.1 Å². The number of fused-ring (bicyclic) bond motifs is 4. The smallest absolute Gasteiger partial charge is 0.411 e. The molecular weight excluding hydrogens is 631 g/mol. The van der Waals surface area contributed by atoms with Crippen molar-refractivity contribution in [2.75, 3.05) is 45.3 Å². The topological polar surface area (TPSA) is 130 Å². The molecule has 3 aliphatic rings. The number of carbonyl (C=O) groups is 2. The van der Waals surface area contributed by atoms with E-state index >= 15 is 4.39 Å². The number of hydrogen-bond donors (Lipinski definition) is 1. The third-order valence-electron chi connectivity index (χ3n) is 9.88. The van der Waals surface area contributed by atoms with E-state index in [0.717, 1.165) is 30.2 Å². The number of likely N-dealkylation sites (tertiary alicyclic amines) is 1. The van der Waals surface area contributed by atoms with Crippen LogP contribution in [0.1, 0.15) is 46.5 Å². The number of benzene rings is 2. The number of carbonyl (C=O) groups excluding carboxylic acids is 2. The lowest BCUT2D eigenvalue weighted by atomic mass is 9.94. The first-order chi connectivity index (χ1) is 23.4. The van der Waals surface area contributed by atoms with Gasteiger partial charge < -0.3 is 29.1 Å². The Morgan fingerprint density at radius 3 is 2.65 bits per heavy atom. The van der Waals surface area contributed by atoms with E-state index in [4.69, 9.17) is 19.2 Å². The van der Waals surface area contributed by atoms with Crippen molar-refractivity contribution in [3.05, 3.63) is 48.4 Å². The SMILES string of the molecule is COC(=O)C12CCC(CN(c3nc(OCC4CCCN4C)nc4c(F)c(-c5cc(O)cc6ccccc56)ncc34)C1)N2C(=O)OC(C)(C)C. The molecule has 0 spiro atoms. The van der Waals surface area contributed by atoms with Gasteiger partial charge in [0.1, 0.15) is 35.0 Å². The van der Waals surface area contributed by atoms with E-state index in [-0.39, 0.29) is 35.6 Å². The van der Waals surface area contributed by atoms with Crippen LogP contribution < -0.4 is 9.64 Å². The quantitative estimate of drug-likeness (QED) is 0.268. The number of likely N-dealkylation sites (N-methyl/N-ethyl adjacent to an activating group) is 1. The Hall–Kier alpha value is -4.78. The molecule has 258 valence electrons. The summed E-state index contributed by atoms with van der Waals surface area (Å²) in [7, 11) is 3.34. The largest absolute Gasteiger partial charge is 0.508 e. The van der Waals surface area contributed by atoms with Crippen molar-refractivity contribution in [1.82, 2.24) is 24.8 Å². The highest BCUT2D eigenvalue weighted by Gasteiger charge is 2.60. The van der Waals surface area contributed by atoms with Crippen molar-refractivity contribution in [2.45, 2.75) is 69.7 Å². The molecule has 0 radical (unpaired) electrons. The maximum atomic E-state index is 16.8. The zero-order valence-electron chi connectivity index (χ0n) is 28.4. The summed E-state index contributed by atoms with van der Waals surface area (Å²) in [4.78, 5) is 46.6. The molecule has 3 unspecified atom stereocenters. The number of rotatable bonds is 6. The van der Waals surface area contributed by atoms with Crippen LogP contribution in [0.3, 0.4) is 0 Å².